The molecule has 0 bridgehead atoms. The van der Waals surface area contributed by atoms with Crippen LogP contribution in [0.1, 0.15) is 26.7 Å². The Kier molecular flexibility index (Phi) is 14.7. The van der Waals surface area contributed by atoms with Crippen LogP contribution in [0.15, 0.2) is 0 Å². The third kappa shape index (κ3) is 13.8. The van der Waals surface area contributed by atoms with Crippen molar-refractivity contribution in [3.63, 3.8) is 0 Å². The van der Waals surface area contributed by atoms with Crippen molar-refractivity contribution in [3.05, 3.63) is 0 Å². The molecule has 0 unspecified atom stereocenters. The van der Waals surface area contributed by atoms with E-state index in [1.807, 2.05) is 6.92 Å². The number of hydrogen-bond donors (Lipinski definition) is 1. The van der Waals surface area contributed by atoms with Gasteiger partial charge in [0.15, 0.2) is 0 Å². The Morgan fingerprint density at radius 2 is 1.38 bits per heavy atom. The second-order valence-electron chi connectivity index (χ2n) is 3.53. The van der Waals surface area contributed by atoms with E-state index in [1.165, 1.54) is 6.42 Å². The molecule has 0 atom stereocenters. The first-order valence-corrected chi connectivity index (χ1v) is 6.35. The first-order chi connectivity index (χ1) is 7.91. The topological polar surface area (TPSA) is 39.7 Å². The maximum absolute atomic E-state index is 5.41. The second kappa shape index (κ2) is 14.8. The minimum atomic E-state index is 0.683. The summed E-state index contributed by atoms with van der Waals surface area (Å²) in [6.07, 6.45) is 2.35. The Bertz CT molecular complexity index is 109. The third-order valence-electron chi connectivity index (χ3n) is 2.06. The zero-order chi connectivity index (χ0) is 11.9. The maximum Gasteiger partial charge on any atom is 0.0701 e. The van der Waals surface area contributed by atoms with E-state index in [4.69, 9.17) is 14.2 Å². The lowest BCUT2D eigenvalue weighted by Gasteiger charge is -2.06. The first-order valence-electron chi connectivity index (χ1n) is 6.35. The molecule has 0 amide bonds. The monoisotopic (exact) mass is 233 g/mol. The molecule has 0 radical (unpaired) electrons. The summed E-state index contributed by atoms with van der Waals surface area (Å²) in [7, 11) is 0. The van der Waals surface area contributed by atoms with Gasteiger partial charge in [0.1, 0.15) is 0 Å². The van der Waals surface area contributed by atoms with E-state index in [1.54, 1.807) is 0 Å². The Hall–Kier alpha value is -0.160. The maximum atomic E-state index is 5.41. The van der Waals surface area contributed by atoms with Crippen molar-refractivity contribution in [2.45, 2.75) is 26.7 Å². The molecule has 0 aliphatic rings. The predicted octanol–water partition coefficient (Wildman–Crippen LogP) is 1.45. The molecule has 16 heavy (non-hydrogen) atoms. The molecule has 0 fully saturated rings. The van der Waals surface area contributed by atoms with Crippen molar-refractivity contribution >= 4 is 0 Å². The Labute approximate surface area is 99.6 Å². The molecule has 0 aliphatic heterocycles. The molecule has 98 valence electrons. The summed E-state index contributed by atoms with van der Waals surface area (Å²) in [6.45, 7) is 10.5. The van der Waals surface area contributed by atoms with Crippen molar-refractivity contribution in [2.24, 2.45) is 0 Å². The van der Waals surface area contributed by atoms with Gasteiger partial charge in [-0.25, -0.2) is 0 Å². The van der Waals surface area contributed by atoms with Crippen molar-refractivity contribution in [3.8, 4) is 0 Å². The molecule has 4 nitrogen and oxygen atoms in total. The molecule has 0 spiro atoms. The molecule has 1 N–H and O–H groups in total. The quantitative estimate of drug-likeness (QED) is 0.489. The Morgan fingerprint density at radius 1 is 0.750 bits per heavy atom. The minimum Gasteiger partial charge on any atom is -0.380 e. The fourth-order valence-corrected chi connectivity index (χ4v) is 1.13. The Balaban J connectivity index is 2.83. The van der Waals surface area contributed by atoms with Gasteiger partial charge in [-0.1, -0.05) is 13.3 Å². The highest BCUT2D eigenvalue weighted by Gasteiger charge is 1.90. The van der Waals surface area contributed by atoms with Gasteiger partial charge in [0.25, 0.3) is 0 Å². The average molecular weight is 233 g/mol. The van der Waals surface area contributed by atoms with E-state index in [-0.39, 0.29) is 0 Å². The summed E-state index contributed by atoms with van der Waals surface area (Å²) in [5.74, 6) is 0. The lowest BCUT2D eigenvalue weighted by Crippen LogP contribution is -2.24. The standard InChI is InChI=1S/C12H27NO3/c1-3-5-8-15-9-6-13-7-10-16-12-11-14-4-2/h13H,3-12H2,1-2H3. The highest BCUT2D eigenvalue weighted by Crippen LogP contribution is 1.86. The van der Waals surface area contributed by atoms with Crippen molar-refractivity contribution in [1.29, 1.82) is 0 Å². The van der Waals surface area contributed by atoms with Gasteiger partial charge in [0, 0.05) is 26.3 Å². The van der Waals surface area contributed by atoms with Gasteiger partial charge in [-0.2, -0.15) is 0 Å². The second-order valence-corrected chi connectivity index (χ2v) is 3.53. The van der Waals surface area contributed by atoms with E-state index in [0.717, 1.165) is 45.9 Å². The summed E-state index contributed by atoms with van der Waals surface area (Å²) in [5, 5.41) is 3.26. The summed E-state index contributed by atoms with van der Waals surface area (Å²) in [4.78, 5) is 0. The smallest absolute Gasteiger partial charge is 0.0701 e. The fourth-order valence-electron chi connectivity index (χ4n) is 1.13. The molecular formula is C12H27NO3. The normalized spacial score (nSPS) is 10.9. The molecular weight excluding hydrogens is 206 g/mol. The molecule has 4 heteroatoms. The molecule has 0 aromatic rings. The van der Waals surface area contributed by atoms with Crippen LogP contribution in [-0.2, 0) is 14.2 Å². The lowest BCUT2D eigenvalue weighted by atomic mass is 10.4. The van der Waals surface area contributed by atoms with Gasteiger partial charge >= 0.3 is 0 Å². The van der Waals surface area contributed by atoms with Crippen LogP contribution in [0.5, 0.6) is 0 Å². The third-order valence-corrected chi connectivity index (χ3v) is 2.06. The zero-order valence-corrected chi connectivity index (χ0v) is 10.8. The van der Waals surface area contributed by atoms with Gasteiger partial charge in [0.05, 0.1) is 26.4 Å². The molecule has 0 saturated heterocycles. The SMILES string of the molecule is CCCCOCCNCCOCCOCC. The number of ether oxygens (including phenoxy) is 3. The van der Waals surface area contributed by atoms with Crippen LogP contribution in [0.3, 0.4) is 0 Å². The first kappa shape index (κ1) is 15.8. The number of unbranched alkanes of at least 4 members (excludes halogenated alkanes) is 1. The van der Waals surface area contributed by atoms with Crippen LogP contribution in [-0.4, -0.2) is 52.7 Å². The van der Waals surface area contributed by atoms with Crippen molar-refractivity contribution < 1.29 is 14.2 Å². The van der Waals surface area contributed by atoms with Crippen molar-refractivity contribution in [2.75, 3.05) is 52.7 Å². The molecule has 0 aliphatic carbocycles. The van der Waals surface area contributed by atoms with E-state index in [2.05, 4.69) is 12.2 Å². The lowest BCUT2D eigenvalue weighted by molar-refractivity contribution is 0.0531. The molecule has 0 heterocycles. The van der Waals surface area contributed by atoms with Gasteiger partial charge in [-0.15, -0.1) is 0 Å². The summed E-state index contributed by atoms with van der Waals surface area (Å²) < 4.78 is 15.9. The van der Waals surface area contributed by atoms with E-state index in [9.17, 15) is 0 Å². The fraction of sp³-hybridized carbons (Fsp3) is 1.00. The summed E-state index contributed by atoms with van der Waals surface area (Å²) >= 11 is 0. The minimum absolute atomic E-state index is 0.683. The van der Waals surface area contributed by atoms with Crippen LogP contribution in [0, 0.1) is 0 Å². The highest BCUT2D eigenvalue weighted by atomic mass is 16.5. The van der Waals surface area contributed by atoms with Crippen molar-refractivity contribution in [1.82, 2.24) is 5.32 Å². The zero-order valence-electron chi connectivity index (χ0n) is 10.8. The number of nitrogens with one attached hydrogen (secondary N) is 1. The van der Waals surface area contributed by atoms with Gasteiger partial charge in [-0.05, 0) is 13.3 Å². The molecule has 0 aromatic heterocycles. The molecule has 0 rings (SSSR count). The van der Waals surface area contributed by atoms with Gasteiger partial charge in [-0.3, -0.25) is 0 Å². The Morgan fingerprint density at radius 3 is 2.00 bits per heavy atom. The van der Waals surface area contributed by atoms with Crippen LogP contribution >= 0.6 is 0 Å². The predicted molar refractivity (Wildman–Crippen MR) is 65.9 cm³/mol. The highest BCUT2D eigenvalue weighted by molar-refractivity contribution is 4.45. The number of rotatable bonds is 13. The van der Waals surface area contributed by atoms with E-state index in [0.29, 0.717) is 13.2 Å². The number of hydrogen-bond acceptors (Lipinski definition) is 4. The summed E-state index contributed by atoms with van der Waals surface area (Å²) in [6, 6.07) is 0. The van der Waals surface area contributed by atoms with Gasteiger partial charge < -0.3 is 19.5 Å². The van der Waals surface area contributed by atoms with Crippen LogP contribution < -0.4 is 5.32 Å². The van der Waals surface area contributed by atoms with E-state index >= 15 is 0 Å². The van der Waals surface area contributed by atoms with Crippen LogP contribution in [0.4, 0.5) is 0 Å². The van der Waals surface area contributed by atoms with E-state index < -0.39 is 0 Å². The van der Waals surface area contributed by atoms with Gasteiger partial charge in [0.2, 0.25) is 0 Å². The largest absolute Gasteiger partial charge is 0.380 e. The molecule has 0 saturated carbocycles. The molecule has 0 aromatic carbocycles. The van der Waals surface area contributed by atoms with Crippen LogP contribution in [0.2, 0.25) is 0 Å². The summed E-state index contributed by atoms with van der Waals surface area (Å²) in [5.41, 5.74) is 0. The van der Waals surface area contributed by atoms with Crippen LogP contribution in [0.25, 0.3) is 0 Å². The average Bonchev–Trinajstić information content (AvgIpc) is 2.31.